The van der Waals surface area contributed by atoms with Gasteiger partial charge in [-0.25, -0.2) is 0 Å². The molecule has 2 fully saturated rings. The molecule has 19 heteroatoms. The quantitative estimate of drug-likeness (QED) is 0.109. The molecule has 2 saturated heterocycles. The first kappa shape index (κ1) is 52.4. The van der Waals surface area contributed by atoms with Crippen molar-refractivity contribution in [3.05, 3.63) is 0 Å². The minimum atomic E-state index is -2.23. The van der Waals surface area contributed by atoms with Crippen LogP contribution in [0.2, 0.25) is 157 Å². The summed E-state index contributed by atoms with van der Waals surface area (Å²) in [6, 6.07) is 0. The third-order valence-electron chi connectivity index (χ3n) is 7.75. The normalized spacial score (nSPS) is 31.2. The number of hydrogen-bond acceptors (Lipinski definition) is 11. The highest BCUT2D eigenvalue weighted by molar-refractivity contribution is 6.72. The van der Waals surface area contributed by atoms with Gasteiger partial charge in [-0.15, -0.1) is 0 Å². The van der Waals surface area contributed by atoms with Gasteiger partial charge in [-0.1, -0.05) is 0 Å². The van der Waals surface area contributed by atoms with Gasteiger partial charge in [0.05, 0.1) is 13.2 Å². The summed E-state index contributed by atoms with van der Waals surface area (Å²) in [6.45, 7) is 53.5. The lowest BCUT2D eigenvalue weighted by atomic mass is 9.97. The molecule has 11 nitrogen and oxygen atoms in total. The monoisotopic (exact) mass is 918 g/mol. The first-order chi connectivity index (χ1) is 24.2. The second kappa shape index (κ2) is 19.1. The van der Waals surface area contributed by atoms with Gasteiger partial charge >= 0.3 is 0 Å². The summed E-state index contributed by atoms with van der Waals surface area (Å²) < 4.78 is 77.4. The summed E-state index contributed by atoms with van der Waals surface area (Å²) in [5, 5.41) is 0. The molecule has 0 aromatic carbocycles. The van der Waals surface area contributed by atoms with Crippen molar-refractivity contribution in [3.63, 3.8) is 0 Å². The minimum Gasteiger partial charge on any atom is -0.415 e. The highest BCUT2D eigenvalue weighted by Crippen LogP contribution is 2.39. The summed E-state index contributed by atoms with van der Waals surface area (Å²) in [4.78, 5) is 0. The molecule has 0 aromatic heterocycles. The van der Waals surface area contributed by atoms with Crippen molar-refractivity contribution in [3.8, 4) is 0 Å². The Morgan fingerprint density at radius 2 is 0.564 bits per heavy atom. The average molecular weight is 920 g/mol. The Morgan fingerprint density at radius 1 is 0.291 bits per heavy atom. The van der Waals surface area contributed by atoms with Crippen LogP contribution in [0.4, 0.5) is 0 Å². The summed E-state index contributed by atoms with van der Waals surface area (Å²) in [6.07, 6.45) is -5.61. The molecule has 2 heterocycles. The lowest BCUT2D eigenvalue weighted by Gasteiger charge is -2.54. The first-order valence-corrected chi connectivity index (χ1v) is 47.8. The molecule has 0 aliphatic carbocycles. The third kappa shape index (κ3) is 20.6. The van der Waals surface area contributed by atoms with Gasteiger partial charge in [-0.05, 0) is 157 Å². The Balaban J connectivity index is 2.93. The molecule has 2 aliphatic heterocycles. The first-order valence-electron chi connectivity index (χ1n) is 20.5. The fourth-order valence-electron chi connectivity index (χ4n) is 6.26. The van der Waals surface area contributed by atoms with Gasteiger partial charge in [-0.2, -0.15) is 0 Å². The molecule has 0 amide bonds. The number of hydrogen-bond donors (Lipinski definition) is 0. The maximum atomic E-state index is 7.46. The minimum absolute atomic E-state index is 0.321. The van der Waals surface area contributed by atoms with E-state index in [2.05, 4.69) is 157 Å². The average Bonchev–Trinajstić information content (AvgIpc) is 2.88. The molecule has 0 aromatic rings. The zero-order valence-corrected chi connectivity index (χ0v) is 47.7. The van der Waals surface area contributed by atoms with Crippen LogP contribution in [-0.4, -0.2) is 141 Å². The number of ether oxygens (including phenoxy) is 3. The second-order valence-electron chi connectivity index (χ2n) is 23.2. The van der Waals surface area contributed by atoms with Gasteiger partial charge < -0.3 is 49.6 Å². The predicted octanol–water partition coefficient (Wildman–Crippen LogP) is 9.48. The lowest BCUT2D eigenvalue weighted by Crippen LogP contribution is -2.70. The summed E-state index contributed by atoms with van der Waals surface area (Å²) in [5.74, 6) is 0. The highest BCUT2D eigenvalue weighted by atomic mass is 28.4. The van der Waals surface area contributed by atoms with Crippen LogP contribution >= 0.6 is 0 Å². The summed E-state index contributed by atoms with van der Waals surface area (Å²) >= 11 is 0. The fraction of sp³-hybridized carbons (Fsp3) is 1.00. The van der Waals surface area contributed by atoms with Crippen LogP contribution in [-0.2, 0) is 49.6 Å². The summed E-state index contributed by atoms with van der Waals surface area (Å²) in [5.41, 5.74) is 0. The predicted molar refractivity (Wildman–Crippen MR) is 246 cm³/mol. The van der Waals surface area contributed by atoms with Gasteiger partial charge in [-0.3, -0.25) is 0 Å². The van der Waals surface area contributed by atoms with E-state index in [1.807, 2.05) is 0 Å². The maximum absolute atomic E-state index is 7.46. The maximum Gasteiger partial charge on any atom is 0.187 e. The van der Waals surface area contributed by atoms with Crippen molar-refractivity contribution in [1.82, 2.24) is 0 Å². The van der Waals surface area contributed by atoms with E-state index in [0.29, 0.717) is 13.2 Å². The largest absolute Gasteiger partial charge is 0.415 e. The Labute approximate surface area is 346 Å². The van der Waals surface area contributed by atoms with Gasteiger partial charge in [0.2, 0.25) is 0 Å². The molecular weight excluding hydrogens is 833 g/mol. The lowest BCUT2D eigenvalue weighted by molar-refractivity contribution is -0.344. The van der Waals surface area contributed by atoms with E-state index in [1.165, 1.54) is 0 Å². The Bertz CT molecular complexity index is 1180. The van der Waals surface area contributed by atoms with Crippen molar-refractivity contribution in [2.75, 3.05) is 13.2 Å². The van der Waals surface area contributed by atoms with Gasteiger partial charge in [0, 0.05) is 0 Å². The number of rotatable bonds is 20. The van der Waals surface area contributed by atoms with Crippen LogP contribution < -0.4 is 0 Å². The van der Waals surface area contributed by atoms with E-state index in [0.717, 1.165) is 0 Å². The molecule has 0 spiro atoms. The standard InChI is InChI=1S/C36H86O11Si8/c1-48(2,3)37-25-27-29(31(43-51(10,11)12)34(46-54(19,20)21)36(40-27)47-55(22,23)24)41-35-33(45-53(16,17)18)32(44-52(13,14)15)30(42-50(7,8)9)28(39-35)26-38-49(4,5)6/h27-36H,25-26H2,1-24H3/t27-,28-,29-,30+,31+,32+,33-,34+,35+,36+/m1/s1. The third-order valence-corrected chi connectivity index (χ3v) is 15.7. The van der Waals surface area contributed by atoms with Crippen molar-refractivity contribution in [2.45, 2.75) is 219 Å². The molecule has 0 radical (unpaired) electrons. The zero-order chi connectivity index (χ0) is 43.0. The van der Waals surface area contributed by atoms with Crippen LogP contribution in [0.25, 0.3) is 0 Å². The summed E-state index contributed by atoms with van der Waals surface area (Å²) in [7, 11) is -17.0. The molecular formula is C36H86O11Si8. The molecule has 0 N–H and O–H groups in total. The molecule has 10 atom stereocenters. The van der Waals surface area contributed by atoms with E-state index in [1.54, 1.807) is 0 Å². The van der Waals surface area contributed by atoms with Crippen molar-refractivity contribution in [2.24, 2.45) is 0 Å². The van der Waals surface area contributed by atoms with Gasteiger partial charge in [0.1, 0.15) is 48.8 Å². The van der Waals surface area contributed by atoms with Gasteiger partial charge in [0.15, 0.2) is 79.1 Å². The molecule has 0 saturated carbocycles. The second-order valence-corrected chi connectivity index (χ2v) is 59.0. The Kier molecular flexibility index (Phi) is 18.2. The van der Waals surface area contributed by atoms with Gasteiger partial charge in [0.25, 0.3) is 0 Å². The van der Waals surface area contributed by atoms with E-state index in [9.17, 15) is 0 Å². The van der Waals surface area contributed by atoms with Crippen LogP contribution in [0.3, 0.4) is 0 Å². The molecule has 0 unspecified atom stereocenters. The molecule has 328 valence electrons. The topological polar surface area (TPSA) is 102 Å². The molecule has 2 aliphatic rings. The van der Waals surface area contributed by atoms with Crippen LogP contribution in [0.1, 0.15) is 0 Å². The molecule has 55 heavy (non-hydrogen) atoms. The van der Waals surface area contributed by atoms with E-state index >= 15 is 0 Å². The van der Waals surface area contributed by atoms with E-state index in [4.69, 9.17) is 49.6 Å². The Hall–Kier alpha value is 1.30. The van der Waals surface area contributed by atoms with E-state index < -0.39 is 128 Å². The van der Waals surface area contributed by atoms with Crippen molar-refractivity contribution < 1.29 is 49.6 Å². The van der Waals surface area contributed by atoms with E-state index in [-0.39, 0.29) is 0 Å². The smallest absolute Gasteiger partial charge is 0.187 e. The molecule has 0 bridgehead atoms. The molecule has 2 rings (SSSR count). The van der Waals surface area contributed by atoms with Crippen molar-refractivity contribution in [1.29, 1.82) is 0 Å². The van der Waals surface area contributed by atoms with Crippen LogP contribution in [0, 0.1) is 0 Å². The Morgan fingerprint density at radius 3 is 0.909 bits per heavy atom. The highest BCUT2D eigenvalue weighted by Gasteiger charge is 2.57. The fourth-order valence-corrected chi connectivity index (χ4v) is 13.9. The SMILES string of the molecule is C[Si](C)(C)OC[C@H]1O[C@@H](O[C@H]2[C@H](O[Si](C)(C)C)[C@H](O[Si](C)(C)C)[C@H](O[Si](C)(C)C)O[C@@H]2CO[Si](C)(C)C)[C@H](O[Si](C)(C)C)[C@@H](O[Si](C)(C)C)[C@H]1O[Si](C)(C)C. The zero-order valence-electron chi connectivity index (χ0n) is 39.7. The van der Waals surface area contributed by atoms with Crippen molar-refractivity contribution >= 4 is 66.5 Å². The van der Waals surface area contributed by atoms with Crippen LogP contribution in [0.15, 0.2) is 0 Å². The van der Waals surface area contributed by atoms with Crippen LogP contribution in [0.5, 0.6) is 0 Å².